The molecule has 3 aromatic rings. The van der Waals surface area contributed by atoms with Crippen LogP contribution in [-0.4, -0.2) is 37.1 Å². The number of benzene rings is 2. The Labute approximate surface area is 213 Å². The van der Waals surface area contributed by atoms with Gasteiger partial charge in [-0.3, -0.25) is 14.4 Å². The van der Waals surface area contributed by atoms with E-state index in [0.29, 0.717) is 39.6 Å². The van der Waals surface area contributed by atoms with Gasteiger partial charge in [0.2, 0.25) is 0 Å². The van der Waals surface area contributed by atoms with Crippen molar-refractivity contribution in [1.29, 1.82) is 5.26 Å². The van der Waals surface area contributed by atoms with Crippen molar-refractivity contribution >= 4 is 23.3 Å². The van der Waals surface area contributed by atoms with Crippen LogP contribution in [-0.2, 0) is 22.5 Å². The van der Waals surface area contributed by atoms with E-state index in [0.717, 1.165) is 11.1 Å². The molecule has 0 aliphatic carbocycles. The predicted molar refractivity (Wildman–Crippen MR) is 134 cm³/mol. The Kier molecular flexibility index (Phi) is 7.53. The minimum Gasteiger partial charge on any atom is -0.495 e. The molecule has 184 valence electrons. The highest BCUT2D eigenvalue weighted by Gasteiger charge is 2.25. The van der Waals surface area contributed by atoms with Gasteiger partial charge in [0.1, 0.15) is 5.75 Å². The second-order valence-corrected chi connectivity index (χ2v) is 8.85. The number of carbonyl (C=O) groups is 2. The fraction of sp³-hybridized carbons (Fsp3) is 0.259. The number of nitriles is 1. The summed E-state index contributed by atoms with van der Waals surface area (Å²) in [4.78, 5) is 38.5. The van der Waals surface area contributed by atoms with E-state index >= 15 is 0 Å². The van der Waals surface area contributed by atoms with Crippen molar-refractivity contribution in [3.63, 3.8) is 0 Å². The molecule has 2 aromatic carbocycles. The van der Waals surface area contributed by atoms with E-state index in [9.17, 15) is 19.6 Å². The molecule has 9 heteroatoms. The first-order valence-electron chi connectivity index (χ1n) is 11.3. The average Bonchev–Trinajstić information content (AvgIpc) is 3.24. The van der Waals surface area contributed by atoms with Crippen molar-refractivity contribution in [3.05, 3.63) is 86.3 Å². The number of Topliss-reactive ketones (excluding diaryl/α,β-unsaturated/α-hetero) is 1. The largest absolute Gasteiger partial charge is 0.495 e. The number of hydrogen-bond acceptors (Lipinski definition) is 6. The van der Waals surface area contributed by atoms with E-state index in [1.54, 1.807) is 30.3 Å². The van der Waals surface area contributed by atoms with Crippen molar-refractivity contribution in [1.82, 2.24) is 9.88 Å². The molecule has 0 fully saturated rings. The molecule has 1 unspecified atom stereocenters. The fourth-order valence-electron chi connectivity index (χ4n) is 4.38. The summed E-state index contributed by atoms with van der Waals surface area (Å²) in [6.07, 6.45) is 1.85. The third kappa shape index (κ3) is 5.03. The van der Waals surface area contributed by atoms with E-state index in [1.165, 1.54) is 31.0 Å². The quantitative estimate of drug-likeness (QED) is 0.475. The molecular formula is C27H24ClN3O5. The summed E-state index contributed by atoms with van der Waals surface area (Å²) in [5.74, 6) is 0.0196. The third-order valence-corrected chi connectivity index (χ3v) is 6.43. The van der Waals surface area contributed by atoms with Gasteiger partial charge in [0, 0.05) is 54.5 Å². The molecule has 4 rings (SSSR count). The Bertz CT molecular complexity index is 1440. The van der Waals surface area contributed by atoms with E-state index in [4.69, 9.17) is 21.1 Å². The van der Waals surface area contributed by atoms with Crippen molar-refractivity contribution in [2.45, 2.75) is 25.4 Å². The molecule has 1 aromatic heterocycles. The lowest BCUT2D eigenvalue weighted by atomic mass is 9.97. The van der Waals surface area contributed by atoms with Crippen molar-refractivity contribution in [3.8, 4) is 22.9 Å². The molecule has 1 aliphatic rings. The van der Waals surface area contributed by atoms with Crippen molar-refractivity contribution in [2.75, 3.05) is 20.8 Å². The first-order chi connectivity index (χ1) is 17.4. The van der Waals surface area contributed by atoms with Gasteiger partial charge < -0.3 is 19.4 Å². The summed E-state index contributed by atoms with van der Waals surface area (Å²) >= 11 is 6.15. The van der Waals surface area contributed by atoms with Crippen LogP contribution in [0.3, 0.4) is 0 Å². The Morgan fingerprint density at radius 1 is 1.14 bits per heavy atom. The maximum absolute atomic E-state index is 13.4. The number of rotatable bonds is 9. The van der Waals surface area contributed by atoms with Crippen LogP contribution in [0.1, 0.15) is 39.5 Å². The van der Waals surface area contributed by atoms with Crippen LogP contribution in [0.25, 0.3) is 11.1 Å². The number of nitrogens with zero attached hydrogens (tertiary/aromatic N) is 2. The number of methoxy groups -OCH3 is 2. The van der Waals surface area contributed by atoms with Crippen LogP contribution < -0.4 is 15.6 Å². The first kappa shape index (κ1) is 25.2. The number of pyridine rings is 1. The monoisotopic (exact) mass is 505 g/mol. The van der Waals surface area contributed by atoms with Gasteiger partial charge in [-0.05, 0) is 41.8 Å². The van der Waals surface area contributed by atoms with Gasteiger partial charge in [-0.15, -0.1) is 0 Å². The molecule has 8 nitrogen and oxygen atoms in total. The molecule has 2 heterocycles. The second kappa shape index (κ2) is 10.8. The van der Waals surface area contributed by atoms with E-state index in [-0.39, 0.29) is 31.1 Å². The zero-order chi connectivity index (χ0) is 25.8. The number of fused-ring (bicyclic) bond motifs is 1. The highest BCUT2D eigenvalue weighted by atomic mass is 35.5. The lowest BCUT2D eigenvalue weighted by molar-refractivity contribution is -0.122. The summed E-state index contributed by atoms with van der Waals surface area (Å²) in [6, 6.07) is 12.7. The summed E-state index contributed by atoms with van der Waals surface area (Å²) in [5.41, 5.74) is 3.00. The highest BCUT2D eigenvalue weighted by molar-refractivity contribution is 6.31. The van der Waals surface area contributed by atoms with Gasteiger partial charge >= 0.3 is 0 Å². The van der Waals surface area contributed by atoms with Crippen LogP contribution in [0.2, 0.25) is 5.02 Å². The number of ketones is 1. The highest BCUT2D eigenvalue weighted by Crippen LogP contribution is 2.33. The van der Waals surface area contributed by atoms with E-state index < -0.39 is 11.6 Å². The Balaban J connectivity index is 1.71. The zero-order valence-corrected chi connectivity index (χ0v) is 20.6. The summed E-state index contributed by atoms with van der Waals surface area (Å²) in [5, 5.41) is 12.7. The smallest absolute Gasteiger partial charge is 0.252 e. The molecule has 0 bridgehead atoms. The molecule has 0 saturated heterocycles. The van der Waals surface area contributed by atoms with Crippen LogP contribution in [0.15, 0.2) is 53.5 Å². The third-order valence-electron chi connectivity index (χ3n) is 6.19. The number of aromatic nitrogens is 1. The van der Waals surface area contributed by atoms with Crippen LogP contribution in [0.4, 0.5) is 0 Å². The van der Waals surface area contributed by atoms with Crippen LogP contribution >= 0.6 is 11.6 Å². The fourth-order valence-corrected chi connectivity index (χ4v) is 4.55. The predicted octanol–water partition coefficient (Wildman–Crippen LogP) is 3.68. The minimum atomic E-state index is -0.803. The lowest BCUT2D eigenvalue weighted by Crippen LogP contribution is -2.31. The standard InChI is InChI=1S/C27H24ClN3O5/c1-35-8-7-23(24(32)10-16-3-6-20-18(9-16)14-30-27(20)34)31-15-25(36-2)22(12-26(31)33)21-11-19(28)5-4-17(21)13-29/h3-6,9,11-12,15,23H,7-8,10,14H2,1-2H3,(H,30,34). The van der Waals surface area contributed by atoms with Crippen LogP contribution in [0, 0.1) is 11.3 Å². The molecule has 0 spiro atoms. The zero-order valence-electron chi connectivity index (χ0n) is 19.8. The maximum atomic E-state index is 13.4. The van der Waals surface area contributed by atoms with Gasteiger partial charge in [0.25, 0.3) is 11.5 Å². The van der Waals surface area contributed by atoms with Crippen molar-refractivity contribution < 1.29 is 19.1 Å². The molecule has 1 N–H and O–H groups in total. The van der Waals surface area contributed by atoms with Gasteiger partial charge in [-0.1, -0.05) is 23.7 Å². The van der Waals surface area contributed by atoms with Crippen molar-refractivity contribution in [2.24, 2.45) is 0 Å². The SMILES string of the molecule is COCCC(C(=O)Cc1ccc2c(c1)CNC2=O)n1cc(OC)c(-c2cc(Cl)ccc2C#N)cc1=O. The molecule has 36 heavy (non-hydrogen) atoms. The molecule has 1 amide bonds. The maximum Gasteiger partial charge on any atom is 0.252 e. The van der Waals surface area contributed by atoms with Gasteiger partial charge in [0.05, 0.1) is 31.0 Å². The number of nitrogens with one attached hydrogen (secondary N) is 1. The number of carbonyl (C=O) groups excluding carboxylic acids is 2. The number of ether oxygens (including phenoxy) is 2. The second-order valence-electron chi connectivity index (χ2n) is 8.42. The molecule has 0 radical (unpaired) electrons. The van der Waals surface area contributed by atoms with E-state index in [1.807, 2.05) is 6.07 Å². The Morgan fingerprint density at radius 2 is 1.94 bits per heavy atom. The van der Waals surface area contributed by atoms with Gasteiger partial charge in [-0.25, -0.2) is 0 Å². The molecule has 1 atom stereocenters. The lowest BCUT2D eigenvalue weighted by Gasteiger charge is -2.21. The Hall–Kier alpha value is -3.93. The van der Waals surface area contributed by atoms with Gasteiger partial charge in [0.15, 0.2) is 5.78 Å². The Morgan fingerprint density at radius 3 is 2.67 bits per heavy atom. The average molecular weight is 506 g/mol. The number of halogens is 1. The number of amides is 1. The van der Waals surface area contributed by atoms with Crippen LogP contribution in [0.5, 0.6) is 5.75 Å². The topological polar surface area (TPSA) is 110 Å². The molecule has 1 aliphatic heterocycles. The molecule has 0 saturated carbocycles. The minimum absolute atomic E-state index is 0.0826. The molecular weight excluding hydrogens is 482 g/mol. The summed E-state index contributed by atoms with van der Waals surface area (Å²) in [6.45, 7) is 0.692. The summed E-state index contributed by atoms with van der Waals surface area (Å²) < 4.78 is 12.1. The summed E-state index contributed by atoms with van der Waals surface area (Å²) in [7, 11) is 2.98. The van der Waals surface area contributed by atoms with Gasteiger partial charge in [-0.2, -0.15) is 5.26 Å². The first-order valence-corrected chi connectivity index (χ1v) is 11.7. The number of hydrogen-bond donors (Lipinski definition) is 1. The van der Waals surface area contributed by atoms with E-state index in [2.05, 4.69) is 11.4 Å². The normalized spacial score (nSPS) is 13.0.